The molecule has 0 saturated heterocycles. The minimum absolute atomic E-state index is 0.177. The van der Waals surface area contributed by atoms with E-state index in [0.717, 1.165) is 32.9 Å². The molecule has 0 fully saturated rings. The van der Waals surface area contributed by atoms with E-state index in [9.17, 15) is 9.90 Å². The molecule has 3 aromatic rings. The number of hydrogen-bond donors (Lipinski definition) is 1. The molecular weight excluding hydrogens is 464 g/mol. The maximum Gasteiger partial charge on any atom is 0.306 e. The van der Waals surface area contributed by atoms with E-state index in [1.54, 1.807) is 20.1 Å². The van der Waals surface area contributed by atoms with E-state index in [-0.39, 0.29) is 18.3 Å². The highest BCUT2D eigenvalue weighted by atomic mass is 32.1. The van der Waals surface area contributed by atoms with Crippen molar-refractivity contribution in [1.29, 1.82) is 0 Å². The maximum atomic E-state index is 12.3. The van der Waals surface area contributed by atoms with Crippen molar-refractivity contribution in [3.8, 4) is 5.75 Å². The summed E-state index contributed by atoms with van der Waals surface area (Å²) in [5.74, 6) is -1.23. The third-order valence-electron chi connectivity index (χ3n) is 5.80. The summed E-state index contributed by atoms with van der Waals surface area (Å²) in [7, 11) is 3.03. The third-order valence-corrected chi connectivity index (χ3v) is 7.19. The Morgan fingerprint density at radius 1 is 1.11 bits per heavy atom. The molecule has 0 aliphatic rings. The van der Waals surface area contributed by atoms with Crippen molar-refractivity contribution in [2.24, 2.45) is 0 Å². The zero-order chi connectivity index (χ0) is 25.4. The fourth-order valence-corrected chi connectivity index (χ4v) is 4.83. The summed E-state index contributed by atoms with van der Waals surface area (Å²) in [4.78, 5) is 13.8. The van der Waals surface area contributed by atoms with Gasteiger partial charge in [0.05, 0.1) is 45.0 Å². The van der Waals surface area contributed by atoms with Crippen molar-refractivity contribution in [3.63, 3.8) is 0 Å². The molecule has 7 heteroatoms. The van der Waals surface area contributed by atoms with Gasteiger partial charge in [0.15, 0.2) is 0 Å². The Morgan fingerprint density at radius 2 is 1.86 bits per heavy atom. The minimum atomic E-state index is -1.49. The van der Waals surface area contributed by atoms with E-state index >= 15 is 0 Å². The number of methoxy groups -OCH3 is 2. The van der Waals surface area contributed by atoms with E-state index in [4.69, 9.17) is 18.9 Å². The molecule has 1 N–H and O–H groups in total. The van der Waals surface area contributed by atoms with Crippen LogP contribution in [0.3, 0.4) is 0 Å². The second-order valence-corrected chi connectivity index (χ2v) is 9.44. The molecule has 0 saturated carbocycles. The zero-order valence-electron chi connectivity index (χ0n) is 20.6. The van der Waals surface area contributed by atoms with Crippen LogP contribution >= 0.6 is 11.3 Å². The number of rotatable bonds is 12. The van der Waals surface area contributed by atoms with Crippen molar-refractivity contribution in [3.05, 3.63) is 99.4 Å². The first-order valence-electron chi connectivity index (χ1n) is 11.3. The number of hydrogen-bond acceptors (Lipinski definition) is 7. The summed E-state index contributed by atoms with van der Waals surface area (Å²) in [5.41, 5.74) is 4.18. The molecular formula is C28H32O6S. The van der Waals surface area contributed by atoms with Crippen LogP contribution in [0.1, 0.15) is 51.3 Å². The monoisotopic (exact) mass is 496 g/mol. The van der Waals surface area contributed by atoms with Crippen LogP contribution in [0.15, 0.2) is 67.4 Å². The minimum Gasteiger partial charge on any atom is -0.497 e. The molecule has 3 rings (SSSR count). The lowest BCUT2D eigenvalue weighted by molar-refractivity contribution is -0.156. The number of carbonyl (C=O) groups excluding carboxylic acids is 1. The van der Waals surface area contributed by atoms with Gasteiger partial charge in [0, 0.05) is 17.7 Å². The van der Waals surface area contributed by atoms with Gasteiger partial charge in [-0.2, -0.15) is 0 Å². The number of thiophene rings is 1. The fraction of sp³-hybridized carbons (Fsp3) is 0.321. The van der Waals surface area contributed by atoms with Crippen molar-refractivity contribution in [2.45, 2.75) is 45.2 Å². The van der Waals surface area contributed by atoms with Gasteiger partial charge >= 0.3 is 5.97 Å². The Morgan fingerprint density at radius 3 is 2.51 bits per heavy atom. The molecule has 0 aliphatic heterocycles. The molecule has 0 amide bonds. The largest absolute Gasteiger partial charge is 0.497 e. The first kappa shape index (κ1) is 26.5. The number of benzene rings is 2. The van der Waals surface area contributed by atoms with Gasteiger partial charge in [-0.1, -0.05) is 36.9 Å². The fourth-order valence-electron chi connectivity index (χ4n) is 3.71. The van der Waals surface area contributed by atoms with E-state index in [1.807, 2.05) is 49.4 Å². The number of esters is 1. The van der Waals surface area contributed by atoms with Gasteiger partial charge in [0.25, 0.3) is 0 Å². The Kier molecular flexibility index (Phi) is 9.09. The zero-order valence-corrected chi connectivity index (χ0v) is 21.4. The maximum absolute atomic E-state index is 12.3. The number of carbonyl (C=O) groups is 1. The molecule has 1 heterocycles. The summed E-state index contributed by atoms with van der Waals surface area (Å²) in [6.07, 6.45) is 1.39. The van der Waals surface area contributed by atoms with Crippen molar-refractivity contribution in [2.75, 3.05) is 14.2 Å². The highest BCUT2D eigenvalue weighted by Crippen LogP contribution is 2.38. The molecule has 2 unspecified atom stereocenters. The molecule has 0 radical (unpaired) electrons. The normalized spacial score (nSPS) is 13.5. The first-order chi connectivity index (χ1) is 16.8. The molecule has 0 bridgehead atoms. The number of aryl methyl sites for hydroxylation is 1. The van der Waals surface area contributed by atoms with E-state index in [1.165, 1.54) is 24.7 Å². The van der Waals surface area contributed by atoms with Gasteiger partial charge in [-0.3, -0.25) is 4.79 Å². The van der Waals surface area contributed by atoms with Crippen LogP contribution in [-0.2, 0) is 38.0 Å². The van der Waals surface area contributed by atoms with E-state index < -0.39 is 5.79 Å². The molecule has 0 spiro atoms. The van der Waals surface area contributed by atoms with E-state index in [2.05, 4.69) is 12.6 Å². The van der Waals surface area contributed by atoms with Gasteiger partial charge in [0.2, 0.25) is 5.79 Å². The highest BCUT2D eigenvalue weighted by Gasteiger charge is 2.28. The lowest BCUT2D eigenvalue weighted by Crippen LogP contribution is -2.21. The number of aliphatic hydroxyl groups is 1. The van der Waals surface area contributed by atoms with Crippen LogP contribution in [0.5, 0.6) is 5.75 Å². The van der Waals surface area contributed by atoms with Gasteiger partial charge in [-0.05, 0) is 53.4 Å². The topological polar surface area (TPSA) is 74.2 Å². The van der Waals surface area contributed by atoms with Crippen LogP contribution in [-0.4, -0.2) is 25.3 Å². The van der Waals surface area contributed by atoms with Crippen LogP contribution in [0.4, 0.5) is 0 Å². The molecule has 2 atom stereocenters. The molecule has 186 valence electrons. The molecule has 0 aliphatic carbocycles. The van der Waals surface area contributed by atoms with Crippen LogP contribution in [0.2, 0.25) is 0 Å². The third kappa shape index (κ3) is 6.94. The van der Waals surface area contributed by atoms with Crippen molar-refractivity contribution < 1.29 is 28.8 Å². The Hall–Kier alpha value is -3.13. The van der Waals surface area contributed by atoms with Gasteiger partial charge < -0.3 is 24.1 Å². The Bertz CT molecular complexity index is 1130. The molecule has 35 heavy (non-hydrogen) atoms. The molecule has 6 nitrogen and oxygen atoms in total. The summed E-state index contributed by atoms with van der Waals surface area (Å²) in [6.45, 7) is 8.04. The quantitative estimate of drug-likeness (QED) is 0.194. The highest BCUT2D eigenvalue weighted by molar-refractivity contribution is 7.12. The standard InChI is InChI=1S/C28H32O6S/c1-6-34-28(3,30)26-14-13-25(35-26)24(16-27(29)32-5)21-10-7-19(2)22(15-21)18-33-17-20-8-11-23(31-4)12-9-20/h6-15,24,30H,1,16-18H2,2-5H3. The predicted octanol–water partition coefficient (Wildman–Crippen LogP) is 5.80. The van der Waals surface area contributed by atoms with Crippen LogP contribution in [0, 0.1) is 6.92 Å². The predicted molar refractivity (Wildman–Crippen MR) is 136 cm³/mol. The molecule has 2 aromatic carbocycles. The lowest BCUT2D eigenvalue weighted by Gasteiger charge is -2.21. The van der Waals surface area contributed by atoms with Gasteiger partial charge in [0.1, 0.15) is 5.75 Å². The Labute approximate surface area is 210 Å². The summed E-state index contributed by atoms with van der Waals surface area (Å²) in [6, 6.07) is 17.6. The van der Waals surface area contributed by atoms with Crippen molar-refractivity contribution >= 4 is 17.3 Å². The summed E-state index contributed by atoms with van der Waals surface area (Å²) in [5, 5.41) is 10.6. The Balaban J connectivity index is 1.81. The average Bonchev–Trinajstić information content (AvgIpc) is 3.35. The van der Waals surface area contributed by atoms with Gasteiger partial charge in [-0.25, -0.2) is 0 Å². The summed E-state index contributed by atoms with van der Waals surface area (Å²) >= 11 is 1.39. The van der Waals surface area contributed by atoms with Crippen LogP contribution in [0.25, 0.3) is 0 Å². The average molecular weight is 497 g/mol. The van der Waals surface area contributed by atoms with E-state index in [0.29, 0.717) is 18.1 Å². The van der Waals surface area contributed by atoms with Crippen molar-refractivity contribution in [1.82, 2.24) is 0 Å². The SMILES string of the molecule is C=COC(C)(O)c1ccc(C(CC(=O)OC)c2ccc(C)c(COCc3ccc(OC)cc3)c2)s1. The van der Waals surface area contributed by atoms with Crippen LogP contribution < -0.4 is 4.74 Å². The number of ether oxygens (including phenoxy) is 4. The smallest absolute Gasteiger partial charge is 0.306 e. The second-order valence-electron chi connectivity index (χ2n) is 8.33. The first-order valence-corrected chi connectivity index (χ1v) is 12.1. The molecule has 1 aromatic heterocycles. The lowest BCUT2D eigenvalue weighted by atomic mass is 9.91. The summed E-state index contributed by atoms with van der Waals surface area (Å²) < 4.78 is 21.4. The second kappa shape index (κ2) is 12.0. The van der Waals surface area contributed by atoms with Gasteiger partial charge in [-0.15, -0.1) is 11.3 Å².